The predicted molar refractivity (Wildman–Crippen MR) is 117 cm³/mol. The molecule has 12 heteroatoms. The zero-order valence-corrected chi connectivity index (χ0v) is 20.6. The van der Waals surface area contributed by atoms with E-state index in [1.807, 2.05) is 0 Å². The summed E-state index contributed by atoms with van der Waals surface area (Å²) in [6.45, 7) is 11.1. The lowest BCUT2D eigenvalue weighted by Crippen LogP contribution is -2.42. The molecule has 0 atom stereocenters. The third-order valence-corrected chi connectivity index (χ3v) is 4.39. The number of aromatic nitrogens is 2. The van der Waals surface area contributed by atoms with Gasteiger partial charge in [-0.05, 0) is 57.5 Å². The van der Waals surface area contributed by atoms with Gasteiger partial charge in [0.15, 0.2) is 0 Å². The van der Waals surface area contributed by atoms with Gasteiger partial charge in [0.2, 0.25) is 5.62 Å². The lowest BCUT2D eigenvalue weighted by molar-refractivity contribution is 0.0505. The number of alkyl carbamates (subject to hydrolysis) is 2. The molecule has 0 fully saturated rings. The molecule has 0 saturated heterocycles. The molecule has 0 saturated carbocycles. The maximum atomic E-state index is 12.1. The fraction of sp³-hybridized carbons (Fsp3) is 0.684. The van der Waals surface area contributed by atoms with Crippen LogP contribution >= 0.6 is 15.9 Å². The van der Waals surface area contributed by atoms with Crippen LogP contribution in [0.4, 0.5) is 14.4 Å². The second-order valence-electron chi connectivity index (χ2n) is 8.99. The molecule has 1 aromatic rings. The van der Waals surface area contributed by atoms with Crippen LogP contribution in [-0.4, -0.2) is 56.8 Å². The smallest absolute Gasteiger partial charge is 0.434 e. The van der Waals surface area contributed by atoms with Gasteiger partial charge in [-0.1, -0.05) is 0 Å². The van der Waals surface area contributed by atoms with Crippen molar-refractivity contribution in [2.24, 2.45) is 18.0 Å². The number of carbonyl (C=O) groups is 3. The Labute approximate surface area is 189 Å². The van der Waals surface area contributed by atoms with Gasteiger partial charge in [-0.25, -0.2) is 14.4 Å². The summed E-state index contributed by atoms with van der Waals surface area (Å²) in [5, 5.41) is 14.4. The molecule has 1 aromatic heterocycles. The molecule has 0 unspecified atom stereocenters. The summed E-state index contributed by atoms with van der Waals surface area (Å²) in [6.07, 6.45) is -0.845. The van der Waals surface area contributed by atoms with Gasteiger partial charge in [0, 0.05) is 38.8 Å². The topological polar surface area (TPSA) is 136 Å². The molecule has 1 rings (SSSR count). The summed E-state index contributed by atoms with van der Waals surface area (Å²) in [6, 6.07) is 0. The number of hydrogen-bond donors (Lipinski definition) is 3. The molecule has 0 radical (unpaired) electrons. The average Bonchev–Trinajstić information content (AvgIpc) is 2.81. The molecule has 0 aliphatic heterocycles. The van der Waals surface area contributed by atoms with E-state index in [2.05, 4.69) is 31.6 Å². The number of ether oxygens (including phenoxy) is 2. The molecular formula is C19H32BrN5O6. The first-order chi connectivity index (χ1) is 14.1. The summed E-state index contributed by atoms with van der Waals surface area (Å²) >= 11 is 3.35. The molecule has 0 aliphatic carbocycles. The van der Waals surface area contributed by atoms with Crippen molar-refractivity contribution in [2.75, 3.05) is 13.1 Å². The van der Waals surface area contributed by atoms with E-state index in [9.17, 15) is 14.4 Å². The summed E-state index contributed by atoms with van der Waals surface area (Å²) < 4.78 is 14.3. The maximum absolute atomic E-state index is 12.1. The van der Waals surface area contributed by atoms with E-state index < -0.39 is 29.5 Å². The number of imidazole rings is 1. The zero-order valence-electron chi connectivity index (χ0n) is 19.0. The number of halogens is 1. The Morgan fingerprint density at radius 2 is 1.52 bits per heavy atom. The van der Waals surface area contributed by atoms with Crippen LogP contribution in [0.5, 0.6) is 0 Å². The van der Waals surface area contributed by atoms with Crippen LogP contribution in [0.25, 0.3) is 0 Å². The zero-order chi connectivity index (χ0) is 24.0. The molecule has 0 aromatic carbocycles. The third-order valence-electron chi connectivity index (χ3n) is 3.66. The summed E-state index contributed by atoms with van der Waals surface area (Å²) in [7, 11) is 1.66. The second kappa shape index (κ2) is 10.7. The molecule has 176 valence electrons. The monoisotopic (exact) mass is 505 g/mol. The molecule has 31 heavy (non-hydrogen) atoms. The summed E-state index contributed by atoms with van der Waals surface area (Å²) in [5.41, 5.74) is -1.11. The Hall–Kier alpha value is -2.50. The van der Waals surface area contributed by atoms with E-state index in [0.29, 0.717) is 4.60 Å². The third kappa shape index (κ3) is 10.4. The van der Waals surface area contributed by atoms with Crippen molar-refractivity contribution in [3.63, 3.8) is 0 Å². The van der Waals surface area contributed by atoms with Crippen molar-refractivity contribution in [1.82, 2.24) is 19.8 Å². The first-order valence-electron chi connectivity index (χ1n) is 9.70. The Morgan fingerprint density at radius 1 is 1.06 bits per heavy atom. The number of nitrogens with zero attached hydrogens (tertiary/aromatic N) is 3. The minimum absolute atomic E-state index is 0.163. The highest BCUT2D eigenvalue weighted by Crippen LogP contribution is 2.10. The number of carbonyl (C=O) groups excluding carboxylic acids is 2. The highest BCUT2D eigenvalue weighted by atomic mass is 79.9. The van der Waals surface area contributed by atoms with Crippen LogP contribution in [0.15, 0.2) is 15.8 Å². The van der Waals surface area contributed by atoms with Gasteiger partial charge in [0.05, 0.1) is 0 Å². The largest absolute Gasteiger partial charge is 0.463 e. The fourth-order valence-corrected chi connectivity index (χ4v) is 2.89. The Balaban J connectivity index is 3.00. The van der Waals surface area contributed by atoms with Crippen LogP contribution in [0.3, 0.4) is 0 Å². The van der Waals surface area contributed by atoms with E-state index in [1.54, 1.807) is 63.9 Å². The van der Waals surface area contributed by atoms with Gasteiger partial charge >= 0.3 is 18.3 Å². The quantitative estimate of drug-likeness (QED) is 0.543. The fourth-order valence-electron chi connectivity index (χ4n) is 2.48. The first-order valence-corrected chi connectivity index (χ1v) is 10.5. The van der Waals surface area contributed by atoms with Crippen molar-refractivity contribution in [1.29, 1.82) is 0 Å². The molecule has 0 aliphatic rings. The highest BCUT2D eigenvalue weighted by Gasteiger charge is 2.21. The van der Waals surface area contributed by atoms with Crippen LogP contribution in [0.1, 0.15) is 41.5 Å². The van der Waals surface area contributed by atoms with Gasteiger partial charge in [-0.2, -0.15) is 0 Å². The Bertz CT molecular complexity index is 831. The molecule has 11 nitrogen and oxygen atoms in total. The molecular weight excluding hydrogens is 474 g/mol. The van der Waals surface area contributed by atoms with Crippen molar-refractivity contribution in [3.8, 4) is 0 Å². The lowest BCUT2D eigenvalue weighted by atomic mass is 10.1. The van der Waals surface area contributed by atoms with Gasteiger partial charge in [-0.15, -0.1) is 4.99 Å². The van der Waals surface area contributed by atoms with Crippen LogP contribution in [0, 0.1) is 5.92 Å². The number of rotatable bonds is 6. The molecule has 3 N–H and O–H groups in total. The average molecular weight is 506 g/mol. The molecule has 0 bridgehead atoms. The van der Waals surface area contributed by atoms with E-state index in [0.717, 1.165) is 0 Å². The minimum Gasteiger partial charge on any atom is -0.463 e. The van der Waals surface area contributed by atoms with Crippen LogP contribution < -0.4 is 16.3 Å². The number of nitrogens with one attached hydrogen (secondary N) is 2. The summed E-state index contributed by atoms with van der Waals surface area (Å²) in [5.74, 6) is -0.318. The van der Waals surface area contributed by atoms with Gasteiger partial charge < -0.3 is 34.3 Å². The van der Waals surface area contributed by atoms with Gasteiger partial charge in [0.25, 0.3) is 0 Å². The van der Waals surface area contributed by atoms with Gasteiger partial charge in [0.1, 0.15) is 15.8 Å². The van der Waals surface area contributed by atoms with E-state index in [4.69, 9.17) is 14.6 Å². The SMILES string of the molecule is Cn1c(Br)cn(CC(CNC(=O)OC(C)(C)C)CNC(=O)OC(C)(C)C)c1=NC(=O)O. The van der Waals surface area contributed by atoms with Crippen LogP contribution in [0.2, 0.25) is 0 Å². The van der Waals surface area contributed by atoms with E-state index in [1.165, 1.54) is 0 Å². The van der Waals surface area contributed by atoms with Crippen molar-refractivity contribution >= 4 is 34.2 Å². The Morgan fingerprint density at radius 3 is 1.90 bits per heavy atom. The van der Waals surface area contributed by atoms with Crippen molar-refractivity contribution < 1.29 is 29.0 Å². The van der Waals surface area contributed by atoms with E-state index >= 15 is 0 Å². The van der Waals surface area contributed by atoms with Crippen molar-refractivity contribution in [2.45, 2.75) is 59.3 Å². The minimum atomic E-state index is -1.34. The highest BCUT2D eigenvalue weighted by molar-refractivity contribution is 9.10. The normalized spacial score (nSPS) is 12.6. The molecule has 1 heterocycles. The lowest BCUT2D eigenvalue weighted by Gasteiger charge is -2.24. The molecule has 3 amide bonds. The predicted octanol–water partition coefficient (Wildman–Crippen LogP) is 2.83. The standard InChI is InChI=1S/C19H32BrN5O6/c1-18(2,3)30-16(28)21-8-12(9-22-17(29)31-19(4,5)6)10-25-11-13(20)24(7)14(25)23-15(26)27/h11-12H,8-10H2,1-7H3,(H,21,28)(H,22,29)(H,26,27). The molecule has 0 spiro atoms. The number of carboxylic acid groups (broad SMARTS) is 1. The first kappa shape index (κ1) is 26.5. The number of amides is 3. The van der Waals surface area contributed by atoms with E-state index in [-0.39, 0.29) is 31.2 Å². The second-order valence-corrected chi connectivity index (χ2v) is 9.80. The van der Waals surface area contributed by atoms with Gasteiger partial charge in [-0.3, -0.25) is 0 Å². The summed E-state index contributed by atoms with van der Waals surface area (Å²) in [4.78, 5) is 38.8. The van der Waals surface area contributed by atoms with Crippen LogP contribution in [-0.2, 0) is 23.1 Å². The van der Waals surface area contributed by atoms with Crippen molar-refractivity contribution in [3.05, 3.63) is 16.4 Å². The number of hydrogen-bond acceptors (Lipinski definition) is 5. The Kier molecular flexibility index (Phi) is 9.15. The maximum Gasteiger partial charge on any atom is 0.434 e.